The topological polar surface area (TPSA) is 83.7 Å². The summed E-state index contributed by atoms with van der Waals surface area (Å²) in [6.45, 7) is 3.55. The summed E-state index contributed by atoms with van der Waals surface area (Å²) in [7, 11) is 0. The lowest BCUT2D eigenvalue weighted by Gasteiger charge is -2.34. The molecule has 1 aromatic heterocycles. The van der Waals surface area contributed by atoms with E-state index in [1.165, 1.54) is 6.07 Å². The van der Waals surface area contributed by atoms with E-state index in [0.29, 0.717) is 10.8 Å². The number of nitro groups is 1. The number of aliphatic carboxylic acids is 1. The fourth-order valence-electron chi connectivity index (χ4n) is 2.51. The van der Waals surface area contributed by atoms with E-state index in [1.54, 1.807) is 6.07 Å². The number of nitrogens with zero attached hydrogens (tertiary/aromatic N) is 2. The number of likely N-dealkylation sites (tertiary alicyclic amines) is 1. The molecule has 104 valence electrons. The first-order chi connectivity index (χ1) is 8.99. The van der Waals surface area contributed by atoms with Crippen molar-refractivity contribution in [1.82, 2.24) is 4.90 Å². The van der Waals surface area contributed by atoms with Crippen molar-refractivity contribution in [2.24, 2.45) is 5.92 Å². The summed E-state index contributed by atoms with van der Waals surface area (Å²) in [5.74, 6) is -0.476. The molecule has 2 heterocycles. The van der Waals surface area contributed by atoms with Crippen LogP contribution in [0.5, 0.6) is 0 Å². The number of rotatable bonds is 4. The van der Waals surface area contributed by atoms with Crippen LogP contribution >= 0.6 is 11.3 Å². The van der Waals surface area contributed by atoms with Crippen molar-refractivity contribution < 1.29 is 14.8 Å². The second-order valence-electron chi connectivity index (χ2n) is 4.92. The predicted octanol–water partition coefficient (Wildman–Crippen LogP) is 2.51. The molecule has 2 unspecified atom stereocenters. The van der Waals surface area contributed by atoms with Crippen LogP contribution in [-0.2, 0) is 4.79 Å². The summed E-state index contributed by atoms with van der Waals surface area (Å²) in [5.41, 5.74) is 0. The normalized spacial score (nSPS) is 22.1. The van der Waals surface area contributed by atoms with E-state index >= 15 is 0 Å². The van der Waals surface area contributed by atoms with Crippen LogP contribution < -0.4 is 0 Å². The number of piperidine rings is 1. The van der Waals surface area contributed by atoms with Crippen LogP contribution in [0.1, 0.15) is 30.7 Å². The SMILES string of the molecule is CC1CCCN(C(C(=O)O)c2ccc([N+](=O)[O-])s2)C1. The minimum atomic E-state index is -0.939. The Kier molecular flexibility index (Phi) is 4.16. The highest BCUT2D eigenvalue weighted by Crippen LogP contribution is 2.34. The fourth-order valence-corrected chi connectivity index (χ4v) is 3.46. The van der Waals surface area contributed by atoms with Gasteiger partial charge in [-0.2, -0.15) is 0 Å². The predicted molar refractivity (Wildman–Crippen MR) is 71.3 cm³/mol. The van der Waals surface area contributed by atoms with Gasteiger partial charge in [0.05, 0.1) is 4.92 Å². The van der Waals surface area contributed by atoms with Gasteiger partial charge in [-0.1, -0.05) is 18.3 Å². The smallest absolute Gasteiger partial charge is 0.326 e. The number of hydrogen-bond donors (Lipinski definition) is 1. The molecule has 0 amide bonds. The fraction of sp³-hybridized carbons (Fsp3) is 0.583. The van der Waals surface area contributed by atoms with Gasteiger partial charge < -0.3 is 5.11 Å². The van der Waals surface area contributed by atoms with E-state index in [-0.39, 0.29) is 5.00 Å². The van der Waals surface area contributed by atoms with Gasteiger partial charge in [0.15, 0.2) is 0 Å². The molecule has 1 saturated heterocycles. The van der Waals surface area contributed by atoms with Crippen LogP contribution in [0.3, 0.4) is 0 Å². The van der Waals surface area contributed by atoms with E-state index in [2.05, 4.69) is 6.92 Å². The Hall–Kier alpha value is -1.47. The van der Waals surface area contributed by atoms with Crippen molar-refractivity contribution in [1.29, 1.82) is 0 Å². The molecule has 1 aromatic rings. The summed E-state index contributed by atoms with van der Waals surface area (Å²) in [6.07, 6.45) is 2.08. The molecule has 0 aromatic carbocycles. The van der Waals surface area contributed by atoms with Gasteiger partial charge in [-0.05, 0) is 31.4 Å². The van der Waals surface area contributed by atoms with Crippen molar-refractivity contribution in [3.05, 3.63) is 27.1 Å². The molecule has 19 heavy (non-hydrogen) atoms. The lowest BCUT2D eigenvalue weighted by Crippen LogP contribution is -2.40. The van der Waals surface area contributed by atoms with Gasteiger partial charge in [-0.3, -0.25) is 19.8 Å². The zero-order valence-electron chi connectivity index (χ0n) is 10.6. The van der Waals surface area contributed by atoms with Crippen molar-refractivity contribution in [3.63, 3.8) is 0 Å². The van der Waals surface area contributed by atoms with Crippen molar-refractivity contribution >= 4 is 22.3 Å². The minimum absolute atomic E-state index is 0.00805. The molecule has 0 bridgehead atoms. The number of thiophene rings is 1. The largest absolute Gasteiger partial charge is 0.480 e. The average Bonchev–Trinajstić information content (AvgIpc) is 2.78. The maximum absolute atomic E-state index is 11.5. The monoisotopic (exact) mass is 284 g/mol. The van der Waals surface area contributed by atoms with Crippen molar-refractivity contribution in [2.45, 2.75) is 25.8 Å². The van der Waals surface area contributed by atoms with Crippen molar-refractivity contribution in [2.75, 3.05) is 13.1 Å². The molecule has 0 radical (unpaired) electrons. The summed E-state index contributed by atoms with van der Waals surface area (Å²) in [6, 6.07) is 2.17. The van der Waals surface area contributed by atoms with Crippen LogP contribution in [0.25, 0.3) is 0 Å². The first kappa shape index (κ1) is 14.0. The van der Waals surface area contributed by atoms with E-state index < -0.39 is 16.9 Å². The number of carboxylic acid groups (broad SMARTS) is 1. The standard InChI is InChI=1S/C12H16N2O4S/c1-8-3-2-6-13(7-8)11(12(15)16)9-4-5-10(19-9)14(17)18/h4-5,8,11H,2-3,6-7H2,1H3,(H,15,16). The molecule has 1 fully saturated rings. The zero-order valence-corrected chi connectivity index (χ0v) is 11.4. The first-order valence-corrected chi connectivity index (χ1v) is 7.01. The van der Waals surface area contributed by atoms with Crippen LogP contribution in [0, 0.1) is 16.0 Å². The van der Waals surface area contributed by atoms with Crippen LogP contribution in [0.4, 0.5) is 5.00 Å². The van der Waals surface area contributed by atoms with Crippen LogP contribution in [0.15, 0.2) is 12.1 Å². The summed E-state index contributed by atoms with van der Waals surface area (Å²) in [5, 5.41) is 20.1. The Labute approximate surface area is 114 Å². The van der Waals surface area contributed by atoms with Gasteiger partial charge in [-0.15, -0.1) is 0 Å². The van der Waals surface area contributed by atoms with Gasteiger partial charge in [0, 0.05) is 17.5 Å². The van der Waals surface area contributed by atoms with Gasteiger partial charge in [0.2, 0.25) is 0 Å². The first-order valence-electron chi connectivity index (χ1n) is 6.20. The molecule has 1 N–H and O–H groups in total. The summed E-state index contributed by atoms with van der Waals surface area (Å²) < 4.78 is 0. The maximum Gasteiger partial charge on any atom is 0.326 e. The summed E-state index contributed by atoms with van der Waals surface area (Å²) >= 11 is 0.951. The van der Waals surface area contributed by atoms with Crippen molar-refractivity contribution in [3.8, 4) is 0 Å². The Balaban J connectivity index is 2.23. The lowest BCUT2D eigenvalue weighted by molar-refractivity contribution is -0.380. The Morgan fingerprint density at radius 2 is 2.37 bits per heavy atom. The van der Waals surface area contributed by atoms with Crippen LogP contribution in [-0.4, -0.2) is 34.0 Å². The second-order valence-corrected chi connectivity index (χ2v) is 6.01. The van der Waals surface area contributed by atoms with Crippen LogP contribution in [0.2, 0.25) is 0 Å². The third-order valence-electron chi connectivity index (χ3n) is 3.35. The highest BCUT2D eigenvalue weighted by atomic mass is 32.1. The molecular formula is C12H16N2O4S. The summed E-state index contributed by atoms with van der Waals surface area (Å²) in [4.78, 5) is 24.1. The number of carbonyl (C=O) groups is 1. The Bertz CT molecular complexity index is 488. The zero-order chi connectivity index (χ0) is 14.0. The molecular weight excluding hydrogens is 268 g/mol. The maximum atomic E-state index is 11.5. The number of hydrogen-bond acceptors (Lipinski definition) is 5. The molecule has 2 rings (SSSR count). The Morgan fingerprint density at radius 1 is 1.63 bits per heavy atom. The molecule has 0 saturated carbocycles. The molecule has 7 heteroatoms. The highest BCUT2D eigenvalue weighted by Gasteiger charge is 2.32. The molecule has 1 aliphatic rings. The minimum Gasteiger partial charge on any atom is -0.480 e. The second kappa shape index (κ2) is 5.66. The van der Waals surface area contributed by atoms with E-state index in [0.717, 1.165) is 37.3 Å². The van der Waals surface area contributed by atoms with E-state index in [1.807, 2.05) is 4.90 Å². The molecule has 1 aliphatic heterocycles. The van der Waals surface area contributed by atoms with Gasteiger partial charge in [0.1, 0.15) is 6.04 Å². The third kappa shape index (κ3) is 3.10. The Morgan fingerprint density at radius 3 is 2.89 bits per heavy atom. The average molecular weight is 284 g/mol. The lowest BCUT2D eigenvalue weighted by atomic mass is 9.98. The van der Waals surface area contributed by atoms with Gasteiger partial charge in [0.25, 0.3) is 0 Å². The number of carboxylic acids is 1. The third-order valence-corrected chi connectivity index (χ3v) is 4.44. The van der Waals surface area contributed by atoms with Gasteiger partial charge >= 0.3 is 11.0 Å². The molecule has 0 spiro atoms. The highest BCUT2D eigenvalue weighted by molar-refractivity contribution is 7.15. The van der Waals surface area contributed by atoms with E-state index in [9.17, 15) is 20.0 Å². The van der Waals surface area contributed by atoms with Gasteiger partial charge in [-0.25, -0.2) is 0 Å². The van der Waals surface area contributed by atoms with E-state index in [4.69, 9.17) is 0 Å². The molecule has 2 atom stereocenters. The molecule has 6 nitrogen and oxygen atoms in total. The molecule has 0 aliphatic carbocycles. The quantitative estimate of drug-likeness (QED) is 0.678.